The fraction of sp³-hybridized carbons (Fsp3) is 0.933. The summed E-state index contributed by atoms with van der Waals surface area (Å²) in [4.78, 5) is 7.24. The van der Waals surface area contributed by atoms with Crippen LogP contribution in [0.1, 0.15) is 45.4 Å². The fourth-order valence-electron chi connectivity index (χ4n) is 2.55. The van der Waals surface area contributed by atoms with Gasteiger partial charge in [-0.15, -0.1) is 24.0 Å². The van der Waals surface area contributed by atoms with Gasteiger partial charge in [0.15, 0.2) is 5.96 Å². The summed E-state index contributed by atoms with van der Waals surface area (Å²) in [6.07, 6.45) is 8.31. The third-order valence-electron chi connectivity index (χ3n) is 3.97. The first kappa shape index (κ1) is 18.0. The van der Waals surface area contributed by atoms with Gasteiger partial charge in [-0.05, 0) is 51.6 Å². The van der Waals surface area contributed by atoms with Gasteiger partial charge in [0.05, 0.1) is 0 Å². The topological polar surface area (TPSA) is 39.7 Å². The van der Waals surface area contributed by atoms with Crippen LogP contribution in [0.15, 0.2) is 4.99 Å². The number of likely N-dealkylation sites (tertiary alicyclic amines) is 1. The minimum atomic E-state index is 0. The maximum atomic E-state index is 4.65. The van der Waals surface area contributed by atoms with E-state index in [0.29, 0.717) is 0 Å². The highest BCUT2D eigenvalue weighted by Crippen LogP contribution is 2.28. The molecule has 0 aromatic heterocycles. The Hall–Kier alpha value is -0.0400. The van der Waals surface area contributed by atoms with Gasteiger partial charge in [-0.25, -0.2) is 0 Å². The second-order valence-corrected chi connectivity index (χ2v) is 5.85. The van der Waals surface area contributed by atoms with E-state index in [1.807, 2.05) is 0 Å². The SMILES string of the molecule is CCNC(=NCC1CC1)NCCN1CCCCCC1.I. The zero-order chi connectivity index (χ0) is 13.3. The first-order valence-electron chi connectivity index (χ1n) is 8.13. The summed E-state index contributed by atoms with van der Waals surface area (Å²) in [7, 11) is 0. The van der Waals surface area contributed by atoms with Gasteiger partial charge in [0, 0.05) is 26.2 Å². The van der Waals surface area contributed by atoms with Crippen LogP contribution in [-0.2, 0) is 0 Å². The minimum absolute atomic E-state index is 0. The Morgan fingerprint density at radius 3 is 2.40 bits per heavy atom. The second kappa shape index (κ2) is 10.7. The highest BCUT2D eigenvalue weighted by atomic mass is 127. The van der Waals surface area contributed by atoms with Gasteiger partial charge >= 0.3 is 0 Å². The van der Waals surface area contributed by atoms with Crippen LogP contribution in [0.5, 0.6) is 0 Å². The standard InChI is InChI=1S/C15H30N4.HI/c1-2-16-15(18-13-14-7-8-14)17-9-12-19-10-5-3-4-6-11-19;/h14H,2-13H2,1H3,(H2,16,17,18);1H. The number of rotatable bonds is 6. The van der Waals surface area contributed by atoms with E-state index in [2.05, 4.69) is 27.4 Å². The van der Waals surface area contributed by atoms with Crippen LogP contribution in [0.4, 0.5) is 0 Å². The zero-order valence-electron chi connectivity index (χ0n) is 12.9. The Labute approximate surface area is 141 Å². The molecule has 1 aliphatic carbocycles. The fourth-order valence-corrected chi connectivity index (χ4v) is 2.55. The van der Waals surface area contributed by atoms with Crippen LogP contribution < -0.4 is 10.6 Å². The van der Waals surface area contributed by atoms with E-state index >= 15 is 0 Å². The van der Waals surface area contributed by atoms with Crippen LogP contribution in [0.25, 0.3) is 0 Å². The van der Waals surface area contributed by atoms with Crippen LogP contribution in [0, 0.1) is 5.92 Å². The number of nitrogens with one attached hydrogen (secondary N) is 2. The molecule has 2 fully saturated rings. The lowest BCUT2D eigenvalue weighted by molar-refractivity contribution is 0.289. The van der Waals surface area contributed by atoms with Gasteiger partial charge in [0.25, 0.3) is 0 Å². The Kier molecular flexibility index (Phi) is 9.59. The molecule has 4 nitrogen and oxygen atoms in total. The predicted molar refractivity (Wildman–Crippen MR) is 97.0 cm³/mol. The normalized spacial score (nSPS) is 20.9. The maximum Gasteiger partial charge on any atom is 0.191 e. The zero-order valence-corrected chi connectivity index (χ0v) is 15.2. The largest absolute Gasteiger partial charge is 0.357 e. The Balaban J connectivity index is 0.00000200. The molecule has 0 amide bonds. The maximum absolute atomic E-state index is 4.65. The number of guanidine groups is 1. The van der Waals surface area contributed by atoms with Crippen LogP contribution in [0.2, 0.25) is 0 Å². The highest BCUT2D eigenvalue weighted by molar-refractivity contribution is 14.0. The van der Waals surface area contributed by atoms with Gasteiger partial charge in [-0.1, -0.05) is 12.8 Å². The Morgan fingerprint density at radius 1 is 1.10 bits per heavy atom. The van der Waals surface area contributed by atoms with Crippen LogP contribution in [-0.4, -0.2) is 50.1 Å². The molecule has 1 aliphatic heterocycles. The van der Waals surface area contributed by atoms with Gasteiger partial charge < -0.3 is 15.5 Å². The third kappa shape index (κ3) is 7.67. The molecule has 2 N–H and O–H groups in total. The van der Waals surface area contributed by atoms with E-state index in [0.717, 1.165) is 38.1 Å². The van der Waals surface area contributed by atoms with Crippen molar-refractivity contribution in [3.8, 4) is 0 Å². The molecular weight excluding hydrogens is 363 g/mol. The Morgan fingerprint density at radius 2 is 1.80 bits per heavy atom. The lowest BCUT2D eigenvalue weighted by atomic mass is 10.2. The first-order chi connectivity index (χ1) is 9.38. The summed E-state index contributed by atoms with van der Waals surface area (Å²) in [6.45, 7) is 8.78. The van der Waals surface area contributed by atoms with E-state index in [1.54, 1.807) is 0 Å². The molecule has 118 valence electrons. The number of halogens is 1. The number of nitrogens with zero attached hydrogens (tertiary/aromatic N) is 2. The monoisotopic (exact) mass is 394 g/mol. The summed E-state index contributed by atoms with van der Waals surface area (Å²) in [5.41, 5.74) is 0. The summed E-state index contributed by atoms with van der Waals surface area (Å²) in [5, 5.41) is 6.80. The lowest BCUT2D eigenvalue weighted by Crippen LogP contribution is -2.42. The van der Waals surface area contributed by atoms with Crippen molar-refractivity contribution in [2.75, 3.05) is 39.3 Å². The summed E-state index contributed by atoms with van der Waals surface area (Å²) in [5.74, 6) is 1.87. The molecule has 2 aliphatic rings. The highest BCUT2D eigenvalue weighted by Gasteiger charge is 2.20. The van der Waals surface area contributed by atoms with E-state index in [-0.39, 0.29) is 24.0 Å². The molecule has 0 radical (unpaired) electrons. The molecule has 0 aromatic rings. The van der Waals surface area contributed by atoms with Crippen molar-refractivity contribution in [1.82, 2.24) is 15.5 Å². The summed E-state index contributed by atoms with van der Waals surface area (Å²) in [6, 6.07) is 0. The number of aliphatic imine (C=N–C) groups is 1. The lowest BCUT2D eigenvalue weighted by Gasteiger charge is -2.20. The van der Waals surface area contributed by atoms with E-state index in [9.17, 15) is 0 Å². The number of hydrogen-bond donors (Lipinski definition) is 2. The molecule has 1 saturated heterocycles. The van der Waals surface area contributed by atoms with Crippen molar-refractivity contribution in [3.05, 3.63) is 0 Å². The van der Waals surface area contributed by atoms with Crippen molar-refractivity contribution in [1.29, 1.82) is 0 Å². The molecular formula is C15H31IN4. The smallest absolute Gasteiger partial charge is 0.191 e. The molecule has 1 saturated carbocycles. The predicted octanol–water partition coefficient (Wildman–Crippen LogP) is 2.45. The molecule has 20 heavy (non-hydrogen) atoms. The Bertz CT molecular complexity index is 271. The molecule has 1 heterocycles. The average molecular weight is 394 g/mol. The van der Waals surface area contributed by atoms with Crippen molar-refractivity contribution < 1.29 is 0 Å². The average Bonchev–Trinajstić information content (AvgIpc) is 3.23. The van der Waals surface area contributed by atoms with Crippen molar-refractivity contribution in [2.24, 2.45) is 10.9 Å². The second-order valence-electron chi connectivity index (χ2n) is 5.85. The van der Waals surface area contributed by atoms with E-state index < -0.39 is 0 Å². The van der Waals surface area contributed by atoms with Crippen LogP contribution >= 0.6 is 24.0 Å². The molecule has 2 rings (SSSR count). The molecule has 0 bridgehead atoms. The van der Waals surface area contributed by atoms with Crippen LogP contribution in [0.3, 0.4) is 0 Å². The molecule has 5 heteroatoms. The first-order valence-corrected chi connectivity index (χ1v) is 8.13. The van der Waals surface area contributed by atoms with E-state index in [4.69, 9.17) is 0 Å². The summed E-state index contributed by atoms with van der Waals surface area (Å²) >= 11 is 0. The third-order valence-corrected chi connectivity index (χ3v) is 3.97. The van der Waals surface area contributed by atoms with E-state index in [1.165, 1.54) is 51.6 Å². The van der Waals surface area contributed by atoms with Crippen molar-refractivity contribution in [2.45, 2.75) is 45.4 Å². The van der Waals surface area contributed by atoms with Gasteiger partial charge in [-0.2, -0.15) is 0 Å². The quantitative estimate of drug-likeness (QED) is 0.413. The van der Waals surface area contributed by atoms with Crippen molar-refractivity contribution in [3.63, 3.8) is 0 Å². The van der Waals surface area contributed by atoms with Crippen molar-refractivity contribution >= 4 is 29.9 Å². The summed E-state index contributed by atoms with van der Waals surface area (Å²) < 4.78 is 0. The molecule has 0 atom stereocenters. The minimum Gasteiger partial charge on any atom is -0.357 e. The van der Waals surface area contributed by atoms with Gasteiger partial charge in [0.1, 0.15) is 0 Å². The van der Waals surface area contributed by atoms with Gasteiger partial charge in [-0.3, -0.25) is 4.99 Å². The number of hydrogen-bond acceptors (Lipinski definition) is 2. The van der Waals surface area contributed by atoms with Gasteiger partial charge in [0.2, 0.25) is 0 Å². The molecule has 0 unspecified atom stereocenters. The molecule has 0 spiro atoms. The molecule has 0 aromatic carbocycles.